The molecule has 0 bridgehead atoms. The third-order valence-corrected chi connectivity index (χ3v) is 4.99. The summed E-state index contributed by atoms with van der Waals surface area (Å²) in [6, 6.07) is 13.5. The Balaban J connectivity index is 1.43. The largest absolute Gasteiger partial charge is 0.357 e. The highest BCUT2D eigenvalue weighted by Crippen LogP contribution is 2.21. The van der Waals surface area contributed by atoms with E-state index < -0.39 is 11.8 Å². The lowest BCUT2D eigenvalue weighted by molar-refractivity contribution is -0.136. The van der Waals surface area contributed by atoms with Crippen LogP contribution in [0.25, 0.3) is 0 Å². The van der Waals surface area contributed by atoms with Crippen molar-refractivity contribution in [2.45, 2.75) is 26.2 Å². The molecular formula is C21H26N4O2. The van der Waals surface area contributed by atoms with Crippen LogP contribution in [0.4, 0.5) is 11.5 Å². The molecule has 2 heterocycles. The predicted molar refractivity (Wildman–Crippen MR) is 107 cm³/mol. The van der Waals surface area contributed by atoms with Crippen LogP contribution >= 0.6 is 0 Å². The molecule has 0 aliphatic carbocycles. The molecule has 2 aromatic rings. The van der Waals surface area contributed by atoms with E-state index in [9.17, 15) is 9.59 Å². The molecule has 27 heavy (non-hydrogen) atoms. The Kier molecular flexibility index (Phi) is 6.41. The molecular weight excluding hydrogens is 340 g/mol. The van der Waals surface area contributed by atoms with E-state index >= 15 is 0 Å². The smallest absolute Gasteiger partial charge is 0.313 e. The fraction of sp³-hybridized carbons (Fsp3) is 0.381. The summed E-state index contributed by atoms with van der Waals surface area (Å²) in [4.78, 5) is 30.9. The molecule has 1 fully saturated rings. The van der Waals surface area contributed by atoms with Crippen molar-refractivity contribution in [3.05, 3.63) is 54.2 Å². The first-order valence-corrected chi connectivity index (χ1v) is 9.50. The summed E-state index contributed by atoms with van der Waals surface area (Å²) in [5, 5.41) is 5.49. The topological polar surface area (TPSA) is 74.3 Å². The fourth-order valence-corrected chi connectivity index (χ4v) is 3.35. The maximum atomic E-state index is 12.2. The van der Waals surface area contributed by atoms with E-state index in [2.05, 4.69) is 20.5 Å². The van der Waals surface area contributed by atoms with Crippen LogP contribution in [-0.4, -0.2) is 36.4 Å². The first-order valence-electron chi connectivity index (χ1n) is 9.50. The molecule has 1 aromatic carbocycles. The van der Waals surface area contributed by atoms with Crippen LogP contribution in [0.3, 0.4) is 0 Å². The van der Waals surface area contributed by atoms with Crippen LogP contribution in [0.1, 0.15) is 25.3 Å². The summed E-state index contributed by atoms with van der Waals surface area (Å²) >= 11 is 0. The fourth-order valence-electron chi connectivity index (χ4n) is 3.35. The van der Waals surface area contributed by atoms with Gasteiger partial charge in [0.2, 0.25) is 0 Å². The molecule has 0 atom stereocenters. The van der Waals surface area contributed by atoms with Crippen LogP contribution in [0.5, 0.6) is 0 Å². The van der Waals surface area contributed by atoms with Gasteiger partial charge in [0, 0.05) is 31.5 Å². The number of aryl methyl sites for hydroxylation is 1. The number of piperidine rings is 1. The number of para-hydroxylation sites is 1. The molecule has 0 unspecified atom stereocenters. The van der Waals surface area contributed by atoms with E-state index in [-0.39, 0.29) is 0 Å². The van der Waals surface area contributed by atoms with Gasteiger partial charge in [-0.3, -0.25) is 9.59 Å². The highest BCUT2D eigenvalue weighted by molar-refractivity contribution is 6.39. The normalized spacial score (nSPS) is 14.6. The van der Waals surface area contributed by atoms with E-state index in [1.54, 1.807) is 6.20 Å². The molecule has 142 valence electrons. The van der Waals surface area contributed by atoms with Gasteiger partial charge in [-0.15, -0.1) is 0 Å². The van der Waals surface area contributed by atoms with Gasteiger partial charge in [0.05, 0.1) is 0 Å². The standard InChI is InChI=1S/C21H26N4O2/c1-2-17-7-3-4-8-18(17)24-21(27)20(26)23-15-16-10-13-25(14-11-16)19-9-5-6-12-22-19/h3-9,12,16H,2,10-11,13-15H2,1H3,(H,23,26)(H,24,27). The van der Waals surface area contributed by atoms with Crippen molar-refractivity contribution in [2.75, 3.05) is 29.9 Å². The minimum absolute atomic E-state index is 0.379. The number of carbonyl (C=O) groups is 2. The Morgan fingerprint density at radius 1 is 1.07 bits per heavy atom. The minimum atomic E-state index is -0.609. The van der Waals surface area contributed by atoms with E-state index in [0.29, 0.717) is 18.2 Å². The summed E-state index contributed by atoms with van der Waals surface area (Å²) in [5.41, 5.74) is 1.71. The van der Waals surface area contributed by atoms with Gasteiger partial charge in [0.25, 0.3) is 0 Å². The molecule has 1 aliphatic heterocycles. The average Bonchev–Trinajstić information content (AvgIpc) is 2.73. The van der Waals surface area contributed by atoms with Crippen molar-refractivity contribution < 1.29 is 9.59 Å². The van der Waals surface area contributed by atoms with Gasteiger partial charge in [-0.2, -0.15) is 0 Å². The molecule has 6 nitrogen and oxygen atoms in total. The summed E-state index contributed by atoms with van der Waals surface area (Å²) in [7, 11) is 0. The van der Waals surface area contributed by atoms with E-state index in [1.165, 1.54) is 0 Å². The molecule has 3 rings (SSSR count). The Morgan fingerprint density at radius 2 is 1.81 bits per heavy atom. The lowest BCUT2D eigenvalue weighted by Crippen LogP contribution is -2.42. The lowest BCUT2D eigenvalue weighted by atomic mass is 9.97. The number of aromatic nitrogens is 1. The van der Waals surface area contributed by atoms with Crippen LogP contribution < -0.4 is 15.5 Å². The molecule has 1 aliphatic rings. The number of benzene rings is 1. The molecule has 1 saturated heterocycles. The Labute approximate surface area is 160 Å². The number of nitrogens with one attached hydrogen (secondary N) is 2. The maximum Gasteiger partial charge on any atom is 0.313 e. The monoisotopic (exact) mass is 366 g/mol. The summed E-state index contributed by atoms with van der Waals surface area (Å²) in [6.45, 7) is 4.36. The molecule has 2 N–H and O–H groups in total. The first kappa shape index (κ1) is 18.9. The lowest BCUT2D eigenvalue weighted by Gasteiger charge is -2.32. The SMILES string of the molecule is CCc1ccccc1NC(=O)C(=O)NCC1CCN(c2ccccn2)CC1. The number of pyridine rings is 1. The van der Waals surface area contributed by atoms with Gasteiger partial charge in [0.15, 0.2) is 0 Å². The quantitative estimate of drug-likeness (QED) is 0.798. The second kappa shape index (κ2) is 9.16. The highest BCUT2D eigenvalue weighted by atomic mass is 16.2. The summed E-state index contributed by atoms with van der Waals surface area (Å²) in [5.74, 6) is 0.188. The van der Waals surface area contributed by atoms with Gasteiger partial charge in [0.1, 0.15) is 5.82 Å². The van der Waals surface area contributed by atoms with Crippen molar-refractivity contribution in [3.63, 3.8) is 0 Å². The third-order valence-electron chi connectivity index (χ3n) is 4.99. The van der Waals surface area contributed by atoms with Gasteiger partial charge in [-0.1, -0.05) is 31.2 Å². The van der Waals surface area contributed by atoms with Crippen LogP contribution in [0.15, 0.2) is 48.7 Å². The number of hydrogen-bond donors (Lipinski definition) is 2. The van der Waals surface area contributed by atoms with Crippen LogP contribution in [0, 0.1) is 5.92 Å². The van der Waals surface area contributed by atoms with Gasteiger partial charge in [-0.25, -0.2) is 4.98 Å². The van der Waals surface area contributed by atoms with E-state index in [4.69, 9.17) is 0 Å². The number of nitrogens with zero attached hydrogens (tertiary/aromatic N) is 2. The molecule has 2 amide bonds. The van der Waals surface area contributed by atoms with Gasteiger partial charge < -0.3 is 15.5 Å². The van der Waals surface area contributed by atoms with Crippen molar-refractivity contribution in [1.29, 1.82) is 0 Å². The molecule has 0 saturated carbocycles. The highest BCUT2D eigenvalue weighted by Gasteiger charge is 2.22. The zero-order chi connectivity index (χ0) is 19.1. The average molecular weight is 366 g/mol. The van der Waals surface area contributed by atoms with Crippen molar-refractivity contribution in [1.82, 2.24) is 10.3 Å². The van der Waals surface area contributed by atoms with Crippen molar-refractivity contribution in [3.8, 4) is 0 Å². The first-order chi connectivity index (χ1) is 13.2. The predicted octanol–water partition coefficient (Wildman–Crippen LogP) is 2.62. The Bertz CT molecular complexity index is 771. The number of carbonyl (C=O) groups excluding carboxylic acids is 2. The number of amides is 2. The summed E-state index contributed by atoms with van der Waals surface area (Å²) < 4.78 is 0. The minimum Gasteiger partial charge on any atom is -0.357 e. The Hall–Kier alpha value is -2.89. The number of hydrogen-bond acceptors (Lipinski definition) is 4. The number of rotatable bonds is 5. The maximum absolute atomic E-state index is 12.2. The third kappa shape index (κ3) is 5.06. The molecule has 6 heteroatoms. The second-order valence-corrected chi connectivity index (χ2v) is 6.79. The van der Waals surface area contributed by atoms with Crippen LogP contribution in [-0.2, 0) is 16.0 Å². The zero-order valence-electron chi connectivity index (χ0n) is 15.6. The van der Waals surface area contributed by atoms with Crippen molar-refractivity contribution in [2.24, 2.45) is 5.92 Å². The van der Waals surface area contributed by atoms with Gasteiger partial charge >= 0.3 is 11.8 Å². The molecule has 0 radical (unpaired) electrons. The van der Waals surface area contributed by atoms with Gasteiger partial charge in [-0.05, 0) is 48.9 Å². The zero-order valence-corrected chi connectivity index (χ0v) is 15.6. The van der Waals surface area contributed by atoms with Crippen molar-refractivity contribution >= 4 is 23.3 Å². The second-order valence-electron chi connectivity index (χ2n) is 6.79. The Morgan fingerprint density at radius 3 is 2.52 bits per heavy atom. The van der Waals surface area contributed by atoms with Crippen LogP contribution in [0.2, 0.25) is 0 Å². The van der Waals surface area contributed by atoms with E-state index in [0.717, 1.165) is 43.7 Å². The molecule has 1 aromatic heterocycles. The van der Waals surface area contributed by atoms with E-state index in [1.807, 2.05) is 49.4 Å². The number of anilines is 2. The summed E-state index contributed by atoms with van der Waals surface area (Å²) in [6.07, 6.45) is 4.54. The molecule has 0 spiro atoms.